The van der Waals surface area contributed by atoms with Crippen LogP contribution in [0, 0.1) is 0 Å². The smallest absolute Gasteiger partial charge is 0.255 e. The summed E-state index contributed by atoms with van der Waals surface area (Å²) in [5.74, 6) is -0.427. The van der Waals surface area contributed by atoms with Crippen molar-refractivity contribution >= 4 is 11.8 Å². The van der Waals surface area contributed by atoms with Crippen molar-refractivity contribution in [2.24, 2.45) is 0 Å². The maximum absolute atomic E-state index is 13.4. The molecule has 0 aliphatic carbocycles. The Kier molecular flexibility index (Phi) is 6.33. The van der Waals surface area contributed by atoms with Crippen LogP contribution in [0.1, 0.15) is 21.6 Å². The topological polar surface area (TPSA) is 84.4 Å². The number of carbonyl (C=O) groups excluding carboxylic acids is 2. The number of hydrogen-bond acceptors (Lipinski definition) is 5. The number of ether oxygens (including phenoxy) is 1. The zero-order valence-corrected chi connectivity index (χ0v) is 17.1. The van der Waals surface area contributed by atoms with Gasteiger partial charge in [-0.2, -0.15) is 0 Å². The zero-order valence-electron chi connectivity index (χ0n) is 17.1. The fourth-order valence-corrected chi connectivity index (χ4v) is 3.69. The summed E-state index contributed by atoms with van der Waals surface area (Å²) in [4.78, 5) is 36.5. The number of morpholine rings is 1. The third-order valence-electron chi connectivity index (χ3n) is 5.28. The normalized spacial score (nSPS) is 18.4. The number of hydrogen-bond donors (Lipinski definition) is 1. The SMILES string of the molecule is O=C(c1cccnc1)N1CCOC(Cc2ccccn2)(C(=O)NCc2ccccc2)C1. The summed E-state index contributed by atoms with van der Waals surface area (Å²) < 4.78 is 6.07. The van der Waals surface area contributed by atoms with Crippen LogP contribution in [0.25, 0.3) is 0 Å². The molecule has 1 fully saturated rings. The molecule has 1 unspecified atom stereocenters. The van der Waals surface area contributed by atoms with Gasteiger partial charge in [0.2, 0.25) is 0 Å². The monoisotopic (exact) mass is 416 g/mol. The van der Waals surface area contributed by atoms with Crippen molar-refractivity contribution < 1.29 is 14.3 Å². The standard InChI is InChI=1S/C24H24N4O3/c29-22(20-9-6-11-25-17-20)28-13-14-31-24(18-28,15-21-10-4-5-12-26-21)23(30)27-16-19-7-2-1-3-8-19/h1-12,17H,13-16,18H2,(H,27,30). The summed E-state index contributed by atoms with van der Waals surface area (Å²) in [6.45, 7) is 1.18. The van der Waals surface area contributed by atoms with Crippen LogP contribution in [-0.4, -0.2) is 52.0 Å². The molecule has 3 aromatic rings. The molecule has 1 N–H and O–H groups in total. The number of rotatable bonds is 6. The minimum Gasteiger partial charge on any atom is -0.361 e. The lowest BCUT2D eigenvalue weighted by Crippen LogP contribution is -2.62. The number of amides is 2. The predicted octanol–water partition coefficient (Wildman–Crippen LogP) is 2.25. The molecular weight excluding hydrogens is 392 g/mol. The Labute approximate surface area is 181 Å². The number of pyridine rings is 2. The van der Waals surface area contributed by atoms with Crippen LogP contribution in [0.3, 0.4) is 0 Å². The highest BCUT2D eigenvalue weighted by molar-refractivity contribution is 5.95. The fraction of sp³-hybridized carbons (Fsp3) is 0.250. The molecule has 1 aliphatic rings. The van der Waals surface area contributed by atoms with Gasteiger partial charge in [0.05, 0.1) is 18.7 Å². The molecule has 0 spiro atoms. The lowest BCUT2D eigenvalue weighted by molar-refractivity contribution is -0.157. The first-order valence-corrected chi connectivity index (χ1v) is 10.2. The lowest BCUT2D eigenvalue weighted by Gasteiger charge is -2.41. The van der Waals surface area contributed by atoms with E-state index < -0.39 is 5.60 Å². The Hall–Kier alpha value is -3.58. The first kappa shape index (κ1) is 20.7. The van der Waals surface area contributed by atoms with Crippen molar-refractivity contribution in [3.63, 3.8) is 0 Å². The van der Waals surface area contributed by atoms with Crippen LogP contribution in [0.4, 0.5) is 0 Å². The van der Waals surface area contributed by atoms with E-state index in [9.17, 15) is 9.59 Å². The molecule has 7 nitrogen and oxygen atoms in total. The quantitative estimate of drug-likeness (QED) is 0.666. The molecule has 0 saturated carbocycles. The van der Waals surface area contributed by atoms with E-state index in [0.29, 0.717) is 18.7 Å². The molecule has 4 rings (SSSR count). The first-order valence-electron chi connectivity index (χ1n) is 10.2. The van der Waals surface area contributed by atoms with Crippen LogP contribution in [0.15, 0.2) is 79.3 Å². The molecule has 3 heterocycles. The van der Waals surface area contributed by atoms with Gasteiger partial charge in [0.25, 0.3) is 11.8 Å². The summed E-state index contributed by atoms with van der Waals surface area (Å²) >= 11 is 0. The summed E-state index contributed by atoms with van der Waals surface area (Å²) in [5, 5.41) is 2.99. The highest BCUT2D eigenvalue weighted by Crippen LogP contribution is 2.24. The van der Waals surface area contributed by atoms with Gasteiger partial charge in [-0.3, -0.25) is 19.6 Å². The Morgan fingerprint density at radius 3 is 2.61 bits per heavy atom. The largest absolute Gasteiger partial charge is 0.361 e. The summed E-state index contributed by atoms with van der Waals surface area (Å²) in [6, 6.07) is 18.7. The van der Waals surface area contributed by atoms with E-state index >= 15 is 0 Å². The average Bonchev–Trinajstić information content (AvgIpc) is 2.84. The van der Waals surface area contributed by atoms with Gasteiger partial charge in [-0.15, -0.1) is 0 Å². The van der Waals surface area contributed by atoms with Crippen LogP contribution >= 0.6 is 0 Å². The molecule has 2 aromatic heterocycles. The maximum atomic E-state index is 13.4. The van der Waals surface area contributed by atoms with Gasteiger partial charge in [-0.05, 0) is 29.8 Å². The van der Waals surface area contributed by atoms with Gasteiger partial charge in [-0.1, -0.05) is 36.4 Å². The average molecular weight is 416 g/mol. The molecule has 7 heteroatoms. The van der Waals surface area contributed by atoms with Crippen molar-refractivity contribution in [1.82, 2.24) is 20.2 Å². The van der Waals surface area contributed by atoms with E-state index in [4.69, 9.17) is 4.74 Å². The Morgan fingerprint density at radius 1 is 1.03 bits per heavy atom. The van der Waals surface area contributed by atoms with Gasteiger partial charge in [0.1, 0.15) is 0 Å². The van der Waals surface area contributed by atoms with Crippen molar-refractivity contribution in [1.29, 1.82) is 0 Å². The van der Waals surface area contributed by atoms with Crippen LogP contribution in [0.2, 0.25) is 0 Å². The third-order valence-corrected chi connectivity index (χ3v) is 5.28. The van der Waals surface area contributed by atoms with Crippen LogP contribution < -0.4 is 5.32 Å². The minimum atomic E-state index is -1.22. The Bertz CT molecular complexity index is 1010. The third kappa shape index (κ3) is 4.95. The first-order chi connectivity index (χ1) is 15.2. The van der Waals surface area contributed by atoms with Gasteiger partial charge in [0.15, 0.2) is 5.60 Å². The molecule has 1 aromatic carbocycles. The van der Waals surface area contributed by atoms with E-state index in [1.54, 1.807) is 29.4 Å². The summed E-state index contributed by atoms with van der Waals surface area (Å²) in [5.41, 5.74) is 0.982. The van der Waals surface area contributed by atoms with Crippen molar-refractivity contribution in [2.75, 3.05) is 19.7 Å². The van der Waals surface area contributed by atoms with Gasteiger partial charge in [-0.25, -0.2) is 0 Å². The zero-order chi connectivity index (χ0) is 21.5. The molecule has 1 atom stereocenters. The van der Waals surface area contributed by atoms with Crippen LogP contribution in [0.5, 0.6) is 0 Å². The Morgan fingerprint density at radius 2 is 1.87 bits per heavy atom. The second-order valence-electron chi connectivity index (χ2n) is 7.48. The predicted molar refractivity (Wildman–Crippen MR) is 115 cm³/mol. The summed E-state index contributed by atoms with van der Waals surface area (Å²) in [6.07, 6.45) is 5.11. The highest BCUT2D eigenvalue weighted by Gasteiger charge is 2.45. The molecule has 0 bridgehead atoms. The number of nitrogens with one attached hydrogen (secondary N) is 1. The summed E-state index contributed by atoms with van der Waals surface area (Å²) in [7, 11) is 0. The van der Waals surface area contributed by atoms with E-state index in [2.05, 4.69) is 15.3 Å². The Balaban J connectivity index is 1.57. The van der Waals surface area contributed by atoms with E-state index in [1.165, 1.54) is 6.20 Å². The second kappa shape index (κ2) is 9.49. The number of nitrogens with zero attached hydrogens (tertiary/aromatic N) is 3. The van der Waals surface area contributed by atoms with Crippen LogP contribution in [-0.2, 0) is 22.5 Å². The molecule has 0 radical (unpaired) electrons. The van der Waals surface area contributed by atoms with Crippen molar-refractivity contribution in [3.8, 4) is 0 Å². The second-order valence-corrected chi connectivity index (χ2v) is 7.48. The van der Waals surface area contributed by atoms with Gasteiger partial charge in [0, 0.05) is 43.8 Å². The van der Waals surface area contributed by atoms with Gasteiger partial charge < -0.3 is 15.0 Å². The molecule has 1 aliphatic heterocycles. The lowest BCUT2D eigenvalue weighted by atomic mass is 9.93. The van der Waals surface area contributed by atoms with E-state index in [0.717, 1.165) is 11.3 Å². The maximum Gasteiger partial charge on any atom is 0.255 e. The van der Waals surface area contributed by atoms with E-state index in [-0.39, 0.29) is 31.4 Å². The minimum absolute atomic E-state index is 0.137. The number of carbonyl (C=O) groups is 2. The molecule has 31 heavy (non-hydrogen) atoms. The van der Waals surface area contributed by atoms with E-state index in [1.807, 2.05) is 48.5 Å². The molecular formula is C24H24N4O3. The molecule has 2 amide bonds. The molecule has 158 valence electrons. The van der Waals surface area contributed by atoms with Crippen molar-refractivity contribution in [2.45, 2.75) is 18.6 Å². The fourth-order valence-electron chi connectivity index (χ4n) is 3.69. The number of aromatic nitrogens is 2. The number of benzene rings is 1. The highest BCUT2D eigenvalue weighted by atomic mass is 16.5. The van der Waals surface area contributed by atoms with Gasteiger partial charge >= 0.3 is 0 Å². The molecule has 1 saturated heterocycles. The van der Waals surface area contributed by atoms with Crippen molar-refractivity contribution in [3.05, 3.63) is 96.1 Å².